The Bertz CT molecular complexity index is 1090. The first kappa shape index (κ1) is 37.0. The monoisotopic (exact) mass is 603 g/mol. The molecule has 4 heterocycles. The van der Waals surface area contributed by atoms with E-state index in [1.54, 1.807) is 23.7 Å². The molecule has 5 aromatic rings. The van der Waals surface area contributed by atoms with Gasteiger partial charge in [0.1, 0.15) is 0 Å². The van der Waals surface area contributed by atoms with Crippen LogP contribution in [0.15, 0.2) is 101 Å². The smallest absolute Gasteiger partial charge is 0.0490 e. The second kappa shape index (κ2) is 21.6. The summed E-state index contributed by atoms with van der Waals surface area (Å²) in [6, 6.07) is 23.0. The number of hydrogen-bond donors (Lipinski definition) is 1. The molecule has 0 aliphatic rings. The minimum absolute atomic E-state index is 0.567. The first-order valence-corrected chi connectivity index (χ1v) is 16.8. The van der Waals surface area contributed by atoms with Gasteiger partial charge in [-0.1, -0.05) is 112 Å². The van der Waals surface area contributed by atoms with Crippen molar-refractivity contribution in [1.29, 1.82) is 0 Å². The van der Waals surface area contributed by atoms with Crippen LogP contribution in [0.4, 0.5) is 0 Å². The van der Waals surface area contributed by atoms with Crippen molar-refractivity contribution >= 4 is 22.7 Å². The molecule has 228 valence electrons. The number of thiophene rings is 2. The average Bonchev–Trinajstić information content (AvgIpc) is 3.79. The van der Waals surface area contributed by atoms with Gasteiger partial charge in [0, 0.05) is 29.2 Å². The van der Waals surface area contributed by atoms with Gasteiger partial charge in [-0.3, -0.25) is 10.1 Å². The van der Waals surface area contributed by atoms with Gasteiger partial charge in [-0.2, -0.15) is 16.4 Å². The van der Waals surface area contributed by atoms with E-state index < -0.39 is 0 Å². The maximum atomic E-state index is 4.01. The van der Waals surface area contributed by atoms with E-state index in [9.17, 15) is 0 Å². The molecule has 0 aliphatic carbocycles. The van der Waals surface area contributed by atoms with Gasteiger partial charge in [0.15, 0.2) is 0 Å². The predicted octanol–water partition coefficient (Wildman–Crippen LogP) is 12.3. The molecule has 5 rings (SSSR count). The lowest BCUT2D eigenvalue weighted by Crippen LogP contribution is -1.85. The third-order valence-electron chi connectivity index (χ3n) is 6.28. The van der Waals surface area contributed by atoms with Crippen molar-refractivity contribution in [2.75, 3.05) is 0 Å². The standard InChI is InChI=1S/C9H12.C8H11N.2C7H10S.C6H10N2/c1-8(2)9-6-4-3-5-7-9;1-7(2)8-4-3-5-9-6-8;1-6(2)7-3-4-8-5-7;1-6(2)7-4-3-5-8-7;1-5(2)6-3-4-7-8-6/h3-8H,1-2H3;3-7H,1-2H3;2*3-6H,1-2H3;3-5H,1-2H3,(H,7,8). The van der Waals surface area contributed by atoms with Crippen molar-refractivity contribution < 1.29 is 0 Å². The summed E-state index contributed by atoms with van der Waals surface area (Å²) < 4.78 is 0. The fraction of sp³-hybridized carbons (Fsp3) is 0.405. The number of nitrogens with zero attached hydrogens (tertiary/aromatic N) is 2. The van der Waals surface area contributed by atoms with Crippen molar-refractivity contribution in [3.63, 3.8) is 0 Å². The van der Waals surface area contributed by atoms with E-state index in [4.69, 9.17) is 0 Å². The zero-order valence-corrected chi connectivity index (χ0v) is 29.0. The van der Waals surface area contributed by atoms with E-state index in [-0.39, 0.29) is 0 Å². The van der Waals surface area contributed by atoms with E-state index >= 15 is 0 Å². The number of hydrogen-bond acceptors (Lipinski definition) is 4. The number of nitrogens with one attached hydrogen (secondary N) is 1. The van der Waals surface area contributed by atoms with Gasteiger partial charge < -0.3 is 0 Å². The molecule has 0 amide bonds. The van der Waals surface area contributed by atoms with E-state index in [0.717, 1.165) is 0 Å². The van der Waals surface area contributed by atoms with Crippen LogP contribution in [0.25, 0.3) is 0 Å². The van der Waals surface area contributed by atoms with Crippen LogP contribution in [0.2, 0.25) is 0 Å². The van der Waals surface area contributed by atoms with E-state index in [1.807, 2.05) is 35.7 Å². The highest BCUT2D eigenvalue weighted by Gasteiger charge is 1.97. The summed E-state index contributed by atoms with van der Waals surface area (Å²) in [5, 5.41) is 13.1. The predicted molar refractivity (Wildman–Crippen MR) is 188 cm³/mol. The fourth-order valence-corrected chi connectivity index (χ4v) is 4.93. The van der Waals surface area contributed by atoms with E-state index in [1.165, 1.54) is 27.3 Å². The summed E-state index contributed by atoms with van der Waals surface area (Å²) in [6.45, 7) is 21.8. The zero-order chi connectivity index (χ0) is 31.3. The molecule has 1 N–H and O–H groups in total. The Kier molecular flexibility index (Phi) is 19.1. The molecular weight excluding hydrogens is 551 g/mol. The second-order valence-electron chi connectivity index (χ2n) is 11.6. The van der Waals surface area contributed by atoms with Gasteiger partial charge in [0.25, 0.3) is 0 Å². The van der Waals surface area contributed by atoms with Crippen molar-refractivity contribution in [1.82, 2.24) is 15.2 Å². The molecule has 42 heavy (non-hydrogen) atoms. The van der Waals surface area contributed by atoms with Gasteiger partial charge >= 0.3 is 0 Å². The lowest BCUT2D eigenvalue weighted by Gasteiger charge is -2.01. The Morgan fingerprint density at radius 2 is 1.19 bits per heavy atom. The molecule has 0 radical (unpaired) electrons. The van der Waals surface area contributed by atoms with Crippen molar-refractivity contribution in [2.24, 2.45) is 0 Å². The van der Waals surface area contributed by atoms with E-state index in [2.05, 4.69) is 149 Å². The first-order chi connectivity index (χ1) is 20.0. The number of aromatic nitrogens is 3. The topological polar surface area (TPSA) is 41.6 Å². The number of aromatic amines is 1. The van der Waals surface area contributed by atoms with Crippen LogP contribution in [0.1, 0.15) is 126 Å². The number of benzene rings is 1. The molecule has 0 spiro atoms. The summed E-state index contributed by atoms with van der Waals surface area (Å²) >= 11 is 3.60. The molecule has 3 nitrogen and oxygen atoms in total. The number of rotatable bonds is 5. The van der Waals surface area contributed by atoms with Gasteiger partial charge in [0.2, 0.25) is 0 Å². The Labute approximate surface area is 264 Å². The summed E-state index contributed by atoms with van der Waals surface area (Å²) in [6.07, 6.45) is 5.48. The summed E-state index contributed by atoms with van der Waals surface area (Å²) in [4.78, 5) is 5.48. The minimum Gasteiger partial charge on any atom is -0.282 e. The van der Waals surface area contributed by atoms with Crippen molar-refractivity contribution in [3.8, 4) is 0 Å². The SMILES string of the molecule is CC(C)c1ccccc1.CC(C)c1cccnc1.CC(C)c1cccs1.CC(C)c1ccn[nH]1.CC(C)c1ccsc1. The van der Waals surface area contributed by atoms with Crippen LogP contribution in [-0.4, -0.2) is 15.2 Å². The zero-order valence-electron chi connectivity index (χ0n) is 27.4. The van der Waals surface area contributed by atoms with Gasteiger partial charge in [-0.05, 0) is 86.7 Å². The maximum absolute atomic E-state index is 4.01. The Hall–Kier alpha value is -3.02. The average molecular weight is 604 g/mol. The molecule has 0 bridgehead atoms. The molecule has 0 atom stereocenters. The molecule has 0 fully saturated rings. The third kappa shape index (κ3) is 16.4. The molecule has 0 saturated carbocycles. The molecule has 1 aromatic carbocycles. The Balaban J connectivity index is 0.000000263. The first-order valence-electron chi connectivity index (χ1n) is 15.0. The highest BCUT2D eigenvalue weighted by molar-refractivity contribution is 7.10. The van der Waals surface area contributed by atoms with Crippen LogP contribution in [-0.2, 0) is 0 Å². The van der Waals surface area contributed by atoms with Gasteiger partial charge in [-0.15, -0.1) is 11.3 Å². The van der Waals surface area contributed by atoms with Crippen LogP contribution >= 0.6 is 22.7 Å². The van der Waals surface area contributed by atoms with Gasteiger partial charge in [-0.25, -0.2) is 0 Å². The second-order valence-corrected chi connectivity index (χ2v) is 13.3. The molecule has 0 aliphatic heterocycles. The molecule has 4 aromatic heterocycles. The van der Waals surface area contributed by atoms with Gasteiger partial charge in [0.05, 0.1) is 0 Å². The molecule has 0 unspecified atom stereocenters. The van der Waals surface area contributed by atoms with Crippen LogP contribution < -0.4 is 0 Å². The number of pyridine rings is 1. The summed E-state index contributed by atoms with van der Waals surface area (Å²) in [7, 11) is 0. The summed E-state index contributed by atoms with van der Waals surface area (Å²) in [5.74, 6) is 3.22. The molecular formula is C37H53N3S2. The largest absolute Gasteiger partial charge is 0.282 e. The van der Waals surface area contributed by atoms with Crippen LogP contribution in [0, 0.1) is 0 Å². The van der Waals surface area contributed by atoms with Crippen molar-refractivity contribution in [2.45, 2.75) is 98.8 Å². The molecule has 0 saturated heterocycles. The highest BCUT2D eigenvalue weighted by Crippen LogP contribution is 2.19. The summed E-state index contributed by atoms with van der Waals surface area (Å²) in [5.41, 5.74) is 5.37. The lowest BCUT2D eigenvalue weighted by atomic mass is 10.0. The van der Waals surface area contributed by atoms with Crippen molar-refractivity contribution in [3.05, 3.63) is 129 Å². The lowest BCUT2D eigenvalue weighted by molar-refractivity contribution is 0.810. The maximum Gasteiger partial charge on any atom is 0.0490 e. The normalized spacial score (nSPS) is 10.3. The number of H-pyrrole nitrogens is 1. The minimum atomic E-state index is 0.567. The highest BCUT2D eigenvalue weighted by atomic mass is 32.1. The van der Waals surface area contributed by atoms with E-state index in [0.29, 0.717) is 29.6 Å². The third-order valence-corrected chi connectivity index (χ3v) is 8.16. The Morgan fingerprint density at radius 1 is 0.548 bits per heavy atom. The Morgan fingerprint density at radius 3 is 1.48 bits per heavy atom. The van der Waals surface area contributed by atoms with Crippen LogP contribution in [0.3, 0.4) is 0 Å². The quantitative estimate of drug-likeness (QED) is 0.217. The van der Waals surface area contributed by atoms with Crippen LogP contribution in [0.5, 0.6) is 0 Å². The fourth-order valence-electron chi connectivity index (χ4n) is 3.37. The molecule has 5 heteroatoms.